The summed E-state index contributed by atoms with van der Waals surface area (Å²) in [5.74, 6) is 0. The zero-order valence-corrected chi connectivity index (χ0v) is 10.2. The number of phosphoric acid groups is 1. The summed E-state index contributed by atoms with van der Waals surface area (Å²) in [6.07, 6.45) is 0. The van der Waals surface area contributed by atoms with Crippen LogP contribution in [0.3, 0.4) is 0 Å². The maximum atomic E-state index is 8.55. The Morgan fingerprint density at radius 3 is 1.14 bits per heavy atom. The molecule has 0 aliphatic heterocycles. The van der Waals surface area contributed by atoms with Crippen molar-refractivity contribution in [3.63, 3.8) is 0 Å². The van der Waals surface area contributed by atoms with E-state index < -0.39 is 7.82 Å². The summed E-state index contributed by atoms with van der Waals surface area (Å²) in [7, 11) is -5.39. The van der Waals surface area contributed by atoms with Gasteiger partial charge in [0.05, 0.1) is 0 Å². The Morgan fingerprint density at radius 2 is 1.14 bits per heavy atom. The SMILES string of the molecule is O=P([O-])([O-])[O-].[Ba+2].[Ti+2]. The molecule has 0 aromatic heterocycles. The van der Waals surface area contributed by atoms with E-state index in [-0.39, 0.29) is 70.6 Å². The van der Waals surface area contributed by atoms with Crippen molar-refractivity contribution in [3.8, 4) is 0 Å². The van der Waals surface area contributed by atoms with Crippen LogP contribution in [0.15, 0.2) is 0 Å². The molecule has 0 atom stereocenters. The van der Waals surface area contributed by atoms with Gasteiger partial charge in [-0.1, -0.05) is 0 Å². The molecule has 0 saturated carbocycles. The molecule has 0 bridgehead atoms. The molecule has 34 valence electrons. The van der Waals surface area contributed by atoms with Crippen molar-refractivity contribution >= 4 is 56.7 Å². The minimum Gasteiger partial charge on any atom is -0.822 e. The fourth-order valence-corrected chi connectivity index (χ4v) is 0. The molecule has 0 aliphatic carbocycles. The fraction of sp³-hybridized carbons (Fsp3) is 0. The Balaban J connectivity index is -0.0000000800. The average molecular weight is 280 g/mol. The third-order valence-corrected chi connectivity index (χ3v) is 0. The first kappa shape index (κ1) is 16.2. The predicted octanol–water partition coefficient (Wildman–Crippen LogP) is -3.21. The van der Waals surface area contributed by atoms with Crippen molar-refractivity contribution < 1.29 is 41.0 Å². The average Bonchev–Trinajstić information content (AvgIpc) is 0.722. The first-order valence-electron chi connectivity index (χ1n) is 0.730. The second kappa shape index (κ2) is 6.51. The summed E-state index contributed by atoms with van der Waals surface area (Å²) in [5.41, 5.74) is 0. The van der Waals surface area contributed by atoms with Crippen LogP contribution in [0.1, 0.15) is 0 Å². The van der Waals surface area contributed by atoms with Gasteiger partial charge in [0, 0.05) is 0 Å². The summed E-state index contributed by atoms with van der Waals surface area (Å²) < 4.78 is 8.55. The van der Waals surface area contributed by atoms with Crippen molar-refractivity contribution in [2.75, 3.05) is 0 Å². The molecular weight excluding hydrogens is 280 g/mol. The molecule has 7 heteroatoms. The minimum atomic E-state index is -5.39. The van der Waals surface area contributed by atoms with Gasteiger partial charge < -0.3 is 19.2 Å². The first-order chi connectivity index (χ1) is 2.00. The van der Waals surface area contributed by atoms with Gasteiger partial charge in [0.25, 0.3) is 0 Å². The van der Waals surface area contributed by atoms with E-state index in [0.717, 1.165) is 0 Å². The van der Waals surface area contributed by atoms with Crippen LogP contribution in [0, 0.1) is 0 Å². The van der Waals surface area contributed by atoms with E-state index in [4.69, 9.17) is 19.2 Å². The third kappa shape index (κ3) is 59.8. The van der Waals surface area contributed by atoms with Crippen LogP contribution in [0.2, 0.25) is 0 Å². The van der Waals surface area contributed by atoms with E-state index in [9.17, 15) is 0 Å². The summed E-state index contributed by atoms with van der Waals surface area (Å²) in [4.78, 5) is 25.6. The van der Waals surface area contributed by atoms with Crippen LogP contribution in [-0.4, -0.2) is 48.9 Å². The minimum absolute atomic E-state index is 0. The maximum Gasteiger partial charge on any atom is 2.00 e. The van der Waals surface area contributed by atoms with Crippen LogP contribution in [0.4, 0.5) is 0 Å². The number of rotatable bonds is 0. The van der Waals surface area contributed by atoms with Gasteiger partial charge in [0.2, 0.25) is 0 Å². The Kier molecular flexibility index (Phi) is 15.1. The molecule has 0 aromatic rings. The van der Waals surface area contributed by atoms with Crippen LogP contribution >= 0.6 is 7.82 Å². The van der Waals surface area contributed by atoms with Crippen LogP contribution in [0.5, 0.6) is 0 Å². The van der Waals surface area contributed by atoms with Crippen LogP contribution < -0.4 is 14.7 Å². The molecule has 7 heavy (non-hydrogen) atoms. The summed E-state index contributed by atoms with van der Waals surface area (Å²) >= 11 is 0. The van der Waals surface area contributed by atoms with Crippen molar-refractivity contribution in [1.29, 1.82) is 0 Å². The molecule has 0 aliphatic rings. The largest absolute Gasteiger partial charge is 2.00 e. The smallest absolute Gasteiger partial charge is 0.822 e. The van der Waals surface area contributed by atoms with Crippen LogP contribution in [0.25, 0.3) is 0 Å². The normalized spacial score (nSPS) is 8.43. The zero-order chi connectivity index (χ0) is 4.50. The van der Waals surface area contributed by atoms with E-state index in [1.165, 1.54) is 0 Å². The van der Waals surface area contributed by atoms with Crippen molar-refractivity contribution in [1.82, 2.24) is 0 Å². The maximum absolute atomic E-state index is 8.55. The molecule has 0 spiro atoms. The van der Waals surface area contributed by atoms with Crippen molar-refractivity contribution in [3.05, 3.63) is 0 Å². The second-order valence-electron chi connectivity index (χ2n) is 0.447. The van der Waals surface area contributed by atoms with Gasteiger partial charge in [-0.2, -0.15) is 7.82 Å². The molecule has 0 radical (unpaired) electrons. The van der Waals surface area contributed by atoms with E-state index in [2.05, 4.69) is 0 Å². The van der Waals surface area contributed by atoms with Gasteiger partial charge in [0.1, 0.15) is 0 Å². The first-order valence-corrected chi connectivity index (χ1v) is 2.19. The molecule has 0 unspecified atom stereocenters. The Morgan fingerprint density at radius 1 is 1.14 bits per heavy atom. The second-order valence-corrected chi connectivity index (χ2v) is 1.34. The van der Waals surface area contributed by atoms with Gasteiger partial charge in [-0.05, 0) is 0 Å². The number of hydrogen-bond acceptors (Lipinski definition) is 4. The van der Waals surface area contributed by atoms with E-state index in [1.54, 1.807) is 0 Å². The Bertz CT molecular complexity index is 57.8. The molecular formula is BaO4PTi+. The Hall–Kier alpha value is 2.40. The van der Waals surface area contributed by atoms with Gasteiger partial charge in [-0.25, -0.2) is 0 Å². The molecule has 0 amide bonds. The van der Waals surface area contributed by atoms with Gasteiger partial charge in [-0.15, -0.1) is 0 Å². The van der Waals surface area contributed by atoms with Crippen molar-refractivity contribution in [2.24, 2.45) is 0 Å². The monoisotopic (exact) mass is 281 g/mol. The quantitative estimate of drug-likeness (QED) is 0.345. The third-order valence-electron chi connectivity index (χ3n) is 0. The zero-order valence-electron chi connectivity index (χ0n) is 3.29. The van der Waals surface area contributed by atoms with E-state index in [0.29, 0.717) is 0 Å². The molecule has 0 saturated heterocycles. The van der Waals surface area contributed by atoms with Gasteiger partial charge in [-0.3, -0.25) is 0 Å². The summed E-state index contributed by atoms with van der Waals surface area (Å²) in [6.45, 7) is 0. The van der Waals surface area contributed by atoms with Crippen LogP contribution in [-0.2, 0) is 26.3 Å². The molecule has 0 N–H and O–H groups in total. The molecule has 0 fully saturated rings. The summed E-state index contributed by atoms with van der Waals surface area (Å²) in [5, 5.41) is 0. The summed E-state index contributed by atoms with van der Waals surface area (Å²) in [6, 6.07) is 0. The van der Waals surface area contributed by atoms with Gasteiger partial charge >= 0.3 is 70.6 Å². The molecule has 0 rings (SSSR count). The fourth-order valence-electron chi connectivity index (χ4n) is 0. The molecule has 0 aromatic carbocycles. The van der Waals surface area contributed by atoms with Crippen molar-refractivity contribution in [2.45, 2.75) is 0 Å². The standard InChI is InChI=1S/Ba.H3O4P.Ti/c;1-5(2,3)4;/h;(H3,1,2,3,4);/q+2;;+2/p-3. The van der Waals surface area contributed by atoms with Gasteiger partial charge in [0.15, 0.2) is 0 Å². The van der Waals surface area contributed by atoms with E-state index in [1.807, 2.05) is 0 Å². The predicted molar refractivity (Wildman–Crippen MR) is 13.4 cm³/mol. The van der Waals surface area contributed by atoms with E-state index >= 15 is 0 Å². The Labute approximate surface area is 95.9 Å². The molecule has 0 heterocycles. The topological polar surface area (TPSA) is 86.2 Å². The number of hydrogen-bond donors (Lipinski definition) is 0. The molecule has 4 nitrogen and oxygen atoms in total.